The van der Waals surface area contributed by atoms with Crippen molar-refractivity contribution >= 4 is 16.9 Å². The molecule has 0 fully saturated rings. The number of fused-ring (bicyclic) bond motifs is 1. The van der Waals surface area contributed by atoms with Crippen LogP contribution in [0.3, 0.4) is 0 Å². The van der Waals surface area contributed by atoms with Gasteiger partial charge < -0.3 is 4.42 Å². The van der Waals surface area contributed by atoms with E-state index in [9.17, 15) is 4.79 Å². The van der Waals surface area contributed by atoms with E-state index in [1.165, 1.54) is 6.39 Å². The van der Waals surface area contributed by atoms with Crippen molar-refractivity contribution in [2.75, 3.05) is 0 Å². The van der Waals surface area contributed by atoms with Crippen LogP contribution in [0.15, 0.2) is 29.0 Å². The van der Waals surface area contributed by atoms with E-state index in [4.69, 9.17) is 9.68 Å². The van der Waals surface area contributed by atoms with Crippen LogP contribution >= 0.6 is 0 Å². The van der Waals surface area contributed by atoms with Crippen molar-refractivity contribution in [2.45, 2.75) is 12.8 Å². The number of hydrogen-bond acceptors (Lipinski definition) is 4. The van der Waals surface area contributed by atoms with Gasteiger partial charge >= 0.3 is 0 Å². The van der Waals surface area contributed by atoms with Gasteiger partial charge in [-0.2, -0.15) is 5.26 Å². The third kappa shape index (κ3) is 1.86. The topological polar surface area (TPSA) is 66.9 Å². The largest absolute Gasteiger partial charge is 0.443 e. The van der Waals surface area contributed by atoms with Gasteiger partial charge in [-0.05, 0) is 18.2 Å². The van der Waals surface area contributed by atoms with Crippen molar-refractivity contribution in [3.05, 3.63) is 30.2 Å². The molecule has 1 aromatic carbocycles. The standard InChI is InChI=1S/C11H8N2O2/c12-5-1-2-10(14)8-3-4-9-11(6-8)15-7-13-9/h3-4,6-7H,1-2H2. The zero-order valence-electron chi connectivity index (χ0n) is 7.93. The van der Waals surface area contributed by atoms with Crippen molar-refractivity contribution in [2.24, 2.45) is 0 Å². The quantitative estimate of drug-likeness (QED) is 0.713. The lowest BCUT2D eigenvalue weighted by Crippen LogP contribution is -1.97. The van der Waals surface area contributed by atoms with Gasteiger partial charge in [-0.25, -0.2) is 4.98 Å². The molecule has 1 heterocycles. The van der Waals surface area contributed by atoms with Gasteiger partial charge in [0.2, 0.25) is 0 Å². The van der Waals surface area contributed by atoms with Crippen molar-refractivity contribution in [3.63, 3.8) is 0 Å². The minimum absolute atomic E-state index is 0.0464. The smallest absolute Gasteiger partial charge is 0.181 e. The molecule has 0 saturated carbocycles. The summed E-state index contributed by atoms with van der Waals surface area (Å²) in [5.41, 5.74) is 1.89. The number of nitriles is 1. The highest BCUT2D eigenvalue weighted by Crippen LogP contribution is 2.15. The summed E-state index contributed by atoms with van der Waals surface area (Å²) in [6.45, 7) is 0. The van der Waals surface area contributed by atoms with Gasteiger partial charge in [-0.1, -0.05) is 0 Å². The lowest BCUT2D eigenvalue weighted by molar-refractivity contribution is 0.0984. The number of aromatic nitrogens is 1. The Balaban J connectivity index is 2.28. The van der Waals surface area contributed by atoms with Gasteiger partial charge in [-0.15, -0.1) is 0 Å². The van der Waals surface area contributed by atoms with Gasteiger partial charge in [0.05, 0.1) is 6.07 Å². The molecule has 15 heavy (non-hydrogen) atoms. The number of nitrogens with zero attached hydrogens (tertiary/aromatic N) is 2. The second-order valence-corrected chi connectivity index (χ2v) is 3.12. The fourth-order valence-electron chi connectivity index (χ4n) is 1.34. The molecule has 4 heteroatoms. The van der Waals surface area contributed by atoms with Crippen LogP contribution in [0.1, 0.15) is 23.2 Å². The highest BCUT2D eigenvalue weighted by molar-refractivity contribution is 5.98. The molecule has 0 N–H and O–H groups in total. The predicted octanol–water partition coefficient (Wildman–Crippen LogP) is 2.31. The van der Waals surface area contributed by atoms with Crippen LogP contribution in [-0.2, 0) is 0 Å². The van der Waals surface area contributed by atoms with Crippen molar-refractivity contribution in [1.82, 2.24) is 4.98 Å². The summed E-state index contributed by atoms with van der Waals surface area (Å²) in [6, 6.07) is 7.03. The van der Waals surface area contributed by atoms with E-state index in [-0.39, 0.29) is 18.6 Å². The molecule has 0 bridgehead atoms. The maximum absolute atomic E-state index is 11.6. The molecule has 0 spiro atoms. The van der Waals surface area contributed by atoms with E-state index in [0.717, 1.165) is 5.52 Å². The number of benzene rings is 1. The van der Waals surface area contributed by atoms with Crippen molar-refractivity contribution in [1.29, 1.82) is 5.26 Å². The van der Waals surface area contributed by atoms with Crippen LogP contribution in [0.2, 0.25) is 0 Å². The maximum Gasteiger partial charge on any atom is 0.181 e. The Hall–Kier alpha value is -2.15. The molecule has 4 nitrogen and oxygen atoms in total. The Morgan fingerprint density at radius 2 is 2.40 bits per heavy atom. The average Bonchev–Trinajstić information content (AvgIpc) is 2.72. The molecule has 1 aromatic heterocycles. The molecule has 0 amide bonds. The molecule has 0 aliphatic rings. The monoisotopic (exact) mass is 200 g/mol. The molecule has 0 aliphatic heterocycles. The Labute approximate surface area is 86.1 Å². The number of rotatable bonds is 3. The zero-order valence-corrected chi connectivity index (χ0v) is 7.93. The molecule has 0 radical (unpaired) electrons. The zero-order chi connectivity index (χ0) is 10.7. The van der Waals surface area contributed by atoms with Crippen molar-refractivity contribution < 1.29 is 9.21 Å². The number of Topliss-reactive ketones (excluding diaryl/α,β-unsaturated/α-hetero) is 1. The van der Waals surface area contributed by atoms with Gasteiger partial charge in [-0.3, -0.25) is 4.79 Å². The summed E-state index contributed by atoms with van der Waals surface area (Å²) in [6.07, 6.45) is 1.83. The number of hydrogen-bond donors (Lipinski definition) is 0. The van der Waals surface area contributed by atoms with E-state index in [0.29, 0.717) is 11.1 Å². The Bertz CT molecular complexity index is 537. The normalized spacial score (nSPS) is 10.1. The summed E-state index contributed by atoms with van der Waals surface area (Å²) in [7, 11) is 0. The molecule has 2 aromatic rings. The second kappa shape index (κ2) is 3.93. The molecule has 0 saturated heterocycles. The number of carbonyl (C=O) groups is 1. The van der Waals surface area contributed by atoms with Crippen LogP contribution in [0.25, 0.3) is 11.1 Å². The summed E-state index contributed by atoms with van der Waals surface area (Å²) in [5.74, 6) is -0.0464. The first-order valence-corrected chi connectivity index (χ1v) is 4.54. The molecule has 74 valence electrons. The first-order valence-electron chi connectivity index (χ1n) is 4.54. The summed E-state index contributed by atoms with van der Waals surface area (Å²) in [4.78, 5) is 15.5. The molecule has 0 aliphatic carbocycles. The first kappa shape index (κ1) is 9.41. The molecule has 0 unspecified atom stereocenters. The van der Waals surface area contributed by atoms with Crippen LogP contribution < -0.4 is 0 Å². The number of carbonyl (C=O) groups excluding carboxylic acids is 1. The summed E-state index contributed by atoms with van der Waals surface area (Å²) >= 11 is 0. The first-order chi connectivity index (χ1) is 7.31. The van der Waals surface area contributed by atoms with E-state index >= 15 is 0 Å². The third-order valence-corrected chi connectivity index (χ3v) is 2.12. The Kier molecular flexibility index (Phi) is 2.46. The Morgan fingerprint density at radius 1 is 1.53 bits per heavy atom. The number of ketones is 1. The SMILES string of the molecule is N#CCCC(=O)c1ccc2ncoc2c1. The number of oxazole rings is 1. The van der Waals surface area contributed by atoms with E-state index in [1.807, 2.05) is 6.07 Å². The highest BCUT2D eigenvalue weighted by Gasteiger charge is 2.07. The van der Waals surface area contributed by atoms with Crippen LogP contribution in [-0.4, -0.2) is 10.8 Å². The summed E-state index contributed by atoms with van der Waals surface area (Å²) < 4.78 is 5.08. The lowest BCUT2D eigenvalue weighted by atomic mass is 10.1. The van der Waals surface area contributed by atoms with Crippen molar-refractivity contribution in [3.8, 4) is 6.07 Å². The minimum atomic E-state index is -0.0464. The van der Waals surface area contributed by atoms with Gasteiger partial charge in [0.1, 0.15) is 5.52 Å². The second-order valence-electron chi connectivity index (χ2n) is 3.12. The molecular weight excluding hydrogens is 192 g/mol. The molecule has 0 atom stereocenters. The van der Waals surface area contributed by atoms with E-state index in [2.05, 4.69) is 4.98 Å². The maximum atomic E-state index is 11.6. The van der Waals surface area contributed by atoms with Crippen LogP contribution in [0.5, 0.6) is 0 Å². The fraction of sp³-hybridized carbons (Fsp3) is 0.182. The van der Waals surface area contributed by atoms with Gasteiger partial charge in [0, 0.05) is 18.4 Å². The lowest BCUT2D eigenvalue weighted by Gasteiger charge is -1.96. The fourth-order valence-corrected chi connectivity index (χ4v) is 1.34. The van der Waals surface area contributed by atoms with E-state index in [1.54, 1.807) is 18.2 Å². The highest BCUT2D eigenvalue weighted by atomic mass is 16.3. The van der Waals surface area contributed by atoms with Gasteiger partial charge in [0.25, 0.3) is 0 Å². The van der Waals surface area contributed by atoms with Crippen LogP contribution in [0, 0.1) is 11.3 Å². The Morgan fingerprint density at radius 3 is 3.20 bits per heavy atom. The average molecular weight is 200 g/mol. The third-order valence-electron chi connectivity index (χ3n) is 2.12. The predicted molar refractivity (Wildman–Crippen MR) is 53.2 cm³/mol. The summed E-state index contributed by atoms with van der Waals surface area (Å²) in [5, 5.41) is 8.37. The van der Waals surface area contributed by atoms with E-state index < -0.39 is 0 Å². The molecule has 2 rings (SSSR count). The minimum Gasteiger partial charge on any atom is -0.443 e. The van der Waals surface area contributed by atoms with Crippen LogP contribution in [0.4, 0.5) is 0 Å². The molecular formula is C11H8N2O2. The van der Waals surface area contributed by atoms with Gasteiger partial charge in [0.15, 0.2) is 17.8 Å².